The van der Waals surface area contributed by atoms with Crippen LogP contribution < -0.4 is 4.90 Å². The average molecular weight is 250 g/mol. The standard InChI is InChI=1S/C14H22N2O2/c1-10(2)16(13(17)18-14(4,5)6)12-9-11(3)7-8-15-12/h7-10H,1-6H3. The van der Waals surface area contributed by atoms with E-state index in [0.717, 1.165) is 5.56 Å². The number of carbonyl (C=O) groups is 1. The van der Waals surface area contributed by atoms with Crippen LogP contribution in [0.2, 0.25) is 0 Å². The van der Waals surface area contributed by atoms with Crippen molar-refractivity contribution in [3.05, 3.63) is 23.9 Å². The molecule has 0 saturated carbocycles. The lowest BCUT2D eigenvalue weighted by molar-refractivity contribution is 0.0569. The number of carbonyl (C=O) groups excluding carboxylic acids is 1. The smallest absolute Gasteiger partial charge is 0.416 e. The second kappa shape index (κ2) is 5.38. The largest absolute Gasteiger partial charge is 0.443 e. The van der Waals surface area contributed by atoms with E-state index in [0.29, 0.717) is 5.82 Å². The van der Waals surface area contributed by atoms with Crippen LogP contribution in [0.5, 0.6) is 0 Å². The van der Waals surface area contributed by atoms with E-state index in [1.165, 1.54) is 0 Å². The van der Waals surface area contributed by atoms with Gasteiger partial charge in [-0.25, -0.2) is 9.78 Å². The molecule has 1 aromatic heterocycles. The quantitative estimate of drug-likeness (QED) is 0.806. The Bertz CT molecular complexity index is 422. The van der Waals surface area contributed by atoms with Crippen molar-refractivity contribution in [2.75, 3.05) is 4.90 Å². The highest BCUT2D eigenvalue weighted by molar-refractivity contribution is 5.87. The molecule has 1 amide bonds. The molecule has 0 radical (unpaired) electrons. The maximum atomic E-state index is 12.2. The van der Waals surface area contributed by atoms with Gasteiger partial charge in [0.25, 0.3) is 0 Å². The lowest BCUT2D eigenvalue weighted by Crippen LogP contribution is -2.41. The lowest BCUT2D eigenvalue weighted by atomic mass is 10.2. The number of aryl methyl sites for hydroxylation is 1. The summed E-state index contributed by atoms with van der Waals surface area (Å²) in [4.78, 5) is 18.0. The zero-order chi connectivity index (χ0) is 13.9. The van der Waals surface area contributed by atoms with Crippen LogP contribution in [0, 0.1) is 6.92 Å². The number of pyridine rings is 1. The molecule has 1 aromatic rings. The summed E-state index contributed by atoms with van der Waals surface area (Å²) < 4.78 is 5.40. The molecule has 0 saturated heterocycles. The molecule has 0 fully saturated rings. The molecule has 0 aliphatic heterocycles. The minimum Gasteiger partial charge on any atom is -0.443 e. The number of rotatable bonds is 2. The summed E-state index contributed by atoms with van der Waals surface area (Å²) >= 11 is 0. The zero-order valence-corrected chi connectivity index (χ0v) is 12.0. The Morgan fingerprint density at radius 3 is 2.44 bits per heavy atom. The van der Waals surface area contributed by atoms with Gasteiger partial charge in [-0.05, 0) is 59.2 Å². The van der Waals surface area contributed by atoms with Crippen molar-refractivity contribution >= 4 is 11.9 Å². The van der Waals surface area contributed by atoms with Gasteiger partial charge in [0.05, 0.1) is 0 Å². The molecule has 0 aromatic carbocycles. The van der Waals surface area contributed by atoms with Gasteiger partial charge in [0, 0.05) is 12.2 Å². The molecule has 0 bridgehead atoms. The van der Waals surface area contributed by atoms with Gasteiger partial charge in [-0.15, -0.1) is 0 Å². The fourth-order valence-corrected chi connectivity index (χ4v) is 1.53. The molecule has 1 rings (SSSR count). The van der Waals surface area contributed by atoms with E-state index >= 15 is 0 Å². The first-order valence-corrected chi connectivity index (χ1v) is 6.15. The maximum Gasteiger partial charge on any atom is 0.416 e. The Morgan fingerprint density at radius 1 is 1.39 bits per heavy atom. The van der Waals surface area contributed by atoms with Gasteiger partial charge >= 0.3 is 6.09 Å². The molecule has 0 spiro atoms. The highest BCUT2D eigenvalue weighted by Gasteiger charge is 2.26. The number of ether oxygens (including phenoxy) is 1. The van der Waals surface area contributed by atoms with E-state index in [1.807, 2.05) is 53.7 Å². The minimum atomic E-state index is -0.506. The van der Waals surface area contributed by atoms with Gasteiger partial charge in [-0.1, -0.05) is 0 Å². The Labute approximate surface area is 109 Å². The van der Waals surface area contributed by atoms with E-state index in [9.17, 15) is 4.79 Å². The topological polar surface area (TPSA) is 42.4 Å². The van der Waals surface area contributed by atoms with Crippen LogP contribution in [-0.4, -0.2) is 22.7 Å². The van der Waals surface area contributed by atoms with Crippen molar-refractivity contribution in [3.8, 4) is 0 Å². The third-order valence-corrected chi connectivity index (χ3v) is 2.25. The number of anilines is 1. The second-order valence-corrected chi connectivity index (χ2v) is 5.64. The van der Waals surface area contributed by atoms with Crippen LogP contribution in [0.4, 0.5) is 10.6 Å². The number of nitrogens with zero attached hydrogens (tertiary/aromatic N) is 2. The van der Waals surface area contributed by atoms with Crippen LogP contribution in [0.25, 0.3) is 0 Å². The summed E-state index contributed by atoms with van der Waals surface area (Å²) in [6.07, 6.45) is 1.33. The monoisotopic (exact) mass is 250 g/mol. The Hall–Kier alpha value is -1.58. The lowest BCUT2D eigenvalue weighted by Gasteiger charge is -2.29. The summed E-state index contributed by atoms with van der Waals surface area (Å²) in [5, 5.41) is 0. The van der Waals surface area contributed by atoms with Gasteiger partial charge < -0.3 is 4.74 Å². The van der Waals surface area contributed by atoms with Crippen LogP contribution in [-0.2, 0) is 4.74 Å². The Morgan fingerprint density at radius 2 is 2.00 bits per heavy atom. The highest BCUT2D eigenvalue weighted by atomic mass is 16.6. The fourth-order valence-electron chi connectivity index (χ4n) is 1.53. The predicted molar refractivity (Wildman–Crippen MR) is 72.8 cm³/mol. The molecule has 0 aliphatic carbocycles. The minimum absolute atomic E-state index is 0.00542. The van der Waals surface area contributed by atoms with Gasteiger partial charge in [0.15, 0.2) is 0 Å². The summed E-state index contributed by atoms with van der Waals surface area (Å²) in [7, 11) is 0. The normalized spacial score (nSPS) is 11.5. The van der Waals surface area contributed by atoms with Gasteiger partial charge in [-0.3, -0.25) is 4.90 Å². The predicted octanol–water partition coefficient (Wildman–Crippen LogP) is 3.54. The molecule has 0 N–H and O–H groups in total. The number of aromatic nitrogens is 1. The fraction of sp³-hybridized carbons (Fsp3) is 0.571. The third-order valence-electron chi connectivity index (χ3n) is 2.25. The summed E-state index contributed by atoms with van der Waals surface area (Å²) in [6, 6.07) is 3.77. The van der Waals surface area contributed by atoms with Crippen molar-refractivity contribution in [1.29, 1.82) is 0 Å². The molecule has 0 atom stereocenters. The number of hydrogen-bond donors (Lipinski definition) is 0. The molecule has 4 nitrogen and oxygen atoms in total. The molecule has 0 unspecified atom stereocenters. The van der Waals surface area contributed by atoms with Crippen molar-refractivity contribution in [1.82, 2.24) is 4.98 Å². The van der Waals surface area contributed by atoms with Crippen molar-refractivity contribution in [2.24, 2.45) is 0 Å². The maximum absolute atomic E-state index is 12.2. The van der Waals surface area contributed by atoms with E-state index in [-0.39, 0.29) is 12.1 Å². The summed E-state index contributed by atoms with van der Waals surface area (Å²) in [5.41, 5.74) is 0.558. The first-order chi connectivity index (χ1) is 8.20. The van der Waals surface area contributed by atoms with Gasteiger partial charge in [0.1, 0.15) is 11.4 Å². The highest BCUT2D eigenvalue weighted by Crippen LogP contribution is 2.19. The molecule has 0 aliphatic rings. The number of amides is 1. The van der Waals surface area contributed by atoms with Crippen molar-refractivity contribution in [3.63, 3.8) is 0 Å². The molecule has 18 heavy (non-hydrogen) atoms. The van der Waals surface area contributed by atoms with Crippen LogP contribution in [0.3, 0.4) is 0 Å². The molecule has 4 heteroatoms. The Balaban J connectivity index is 3.00. The first-order valence-electron chi connectivity index (χ1n) is 6.15. The Kier molecular flexibility index (Phi) is 4.33. The van der Waals surface area contributed by atoms with Crippen LogP contribution in [0.15, 0.2) is 18.3 Å². The van der Waals surface area contributed by atoms with E-state index < -0.39 is 5.60 Å². The average Bonchev–Trinajstić information content (AvgIpc) is 2.13. The van der Waals surface area contributed by atoms with Crippen LogP contribution in [0.1, 0.15) is 40.2 Å². The third kappa shape index (κ3) is 4.02. The molecule has 1 heterocycles. The second-order valence-electron chi connectivity index (χ2n) is 5.64. The molecule has 100 valence electrons. The molecular weight excluding hydrogens is 228 g/mol. The molecular formula is C14H22N2O2. The van der Waals surface area contributed by atoms with Gasteiger partial charge in [-0.2, -0.15) is 0 Å². The van der Waals surface area contributed by atoms with Gasteiger partial charge in [0.2, 0.25) is 0 Å². The van der Waals surface area contributed by atoms with E-state index in [4.69, 9.17) is 4.74 Å². The number of hydrogen-bond acceptors (Lipinski definition) is 3. The zero-order valence-electron chi connectivity index (χ0n) is 12.0. The van der Waals surface area contributed by atoms with E-state index in [2.05, 4.69) is 4.98 Å². The van der Waals surface area contributed by atoms with Crippen molar-refractivity contribution < 1.29 is 9.53 Å². The summed E-state index contributed by atoms with van der Waals surface area (Å²) in [5.74, 6) is 0.624. The van der Waals surface area contributed by atoms with E-state index in [1.54, 1.807) is 11.1 Å². The van der Waals surface area contributed by atoms with Crippen molar-refractivity contribution in [2.45, 2.75) is 53.2 Å². The summed E-state index contributed by atoms with van der Waals surface area (Å²) in [6.45, 7) is 11.4. The first kappa shape index (κ1) is 14.5. The van der Waals surface area contributed by atoms with Crippen LogP contribution >= 0.6 is 0 Å². The SMILES string of the molecule is Cc1ccnc(N(C(=O)OC(C)(C)C)C(C)C)c1.